The molecule has 1 N–H and O–H groups in total. The highest BCUT2D eigenvalue weighted by atomic mass is 19.1. The van der Waals surface area contributed by atoms with E-state index in [0.717, 1.165) is 0 Å². The highest BCUT2D eigenvalue weighted by Crippen LogP contribution is 2.16. The number of fused-ring (bicyclic) bond motifs is 2. The zero-order valence-corrected chi connectivity index (χ0v) is 8.49. The molecule has 16 heavy (non-hydrogen) atoms. The van der Waals surface area contributed by atoms with E-state index in [-0.39, 0.29) is 10.9 Å². The molecule has 0 spiro atoms. The molecule has 0 saturated carbocycles. The van der Waals surface area contributed by atoms with Crippen LogP contribution in [0.5, 0.6) is 0 Å². The summed E-state index contributed by atoms with van der Waals surface area (Å²) in [6.07, 6.45) is 1.52. The van der Waals surface area contributed by atoms with Crippen molar-refractivity contribution < 1.29 is 4.39 Å². The zero-order valence-electron chi connectivity index (χ0n) is 8.49. The largest absolute Gasteiger partial charge is 0.349 e. The molecule has 0 aliphatic rings. The van der Waals surface area contributed by atoms with Gasteiger partial charge in [0.1, 0.15) is 11.3 Å². The van der Waals surface area contributed by atoms with Crippen LogP contribution in [0.1, 0.15) is 0 Å². The Labute approximate surface area is 89.3 Å². The first-order valence-electron chi connectivity index (χ1n) is 4.80. The fourth-order valence-electron chi connectivity index (χ4n) is 1.90. The summed E-state index contributed by atoms with van der Waals surface area (Å²) in [5.74, 6) is -0.430. The number of halogens is 1. The van der Waals surface area contributed by atoms with Crippen molar-refractivity contribution in [1.82, 2.24) is 14.8 Å². The summed E-state index contributed by atoms with van der Waals surface area (Å²) in [5.41, 5.74) is 1.03. The second-order valence-corrected chi connectivity index (χ2v) is 3.65. The SMILES string of the molecule is Cn1ncc2[nH]c3c(F)cccc3c(=O)c21. The molecule has 0 saturated heterocycles. The van der Waals surface area contributed by atoms with Crippen molar-refractivity contribution >= 4 is 21.9 Å². The molecule has 3 aromatic rings. The van der Waals surface area contributed by atoms with Gasteiger partial charge in [0.05, 0.1) is 22.6 Å². The Morgan fingerprint density at radius 2 is 2.25 bits per heavy atom. The Balaban J connectivity index is 2.69. The van der Waals surface area contributed by atoms with Crippen LogP contribution in [-0.4, -0.2) is 14.8 Å². The van der Waals surface area contributed by atoms with Gasteiger partial charge in [0, 0.05) is 7.05 Å². The predicted octanol–water partition coefficient (Wildman–Crippen LogP) is 1.55. The quantitative estimate of drug-likeness (QED) is 0.621. The lowest BCUT2D eigenvalue weighted by atomic mass is 10.2. The van der Waals surface area contributed by atoms with Gasteiger partial charge < -0.3 is 4.98 Å². The summed E-state index contributed by atoms with van der Waals surface area (Å²) in [7, 11) is 1.68. The van der Waals surface area contributed by atoms with Gasteiger partial charge in [-0.15, -0.1) is 0 Å². The van der Waals surface area contributed by atoms with E-state index in [0.29, 0.717) is 16.4 Å². The Kier molecular flexibility index (Phi) is 1.65. The highest BCUT2D eigenvalue weighted by molar-refractivity contribution is 5.90. The normalized spacial score (nSPS) is 11.4. The number of H-pyrrole nitrogens is 1. The minimum Gasteiger partial charge on any atom is -0.349 e. The minimum atomic E-state index is -0.430. The van der Waals surface area contributed by atoms with Crippen LogP contribution in [0.15, 0.2) is 29.2 Å². The van der Waals surface area contributed by atoms with Gasteiger partial charge in [0.2, 0.25) is 5.43 Å². The lowest BCUT2D eigenvalue weighted by Gasteiger charge is -2.00. The lowest BCUT2D eigenvalue weighted by Crippen LogP contribution is -2.08. The third-order valence-corrected chi connectivity index (χ3v) is 2.67. The Morgan fingerprint density at radius 3 is 3.06 bits per heavy atom. The van der Waals surface area contributed by atoms with E-state index >= 15 is 0 Å². The van der Waals surface area contributed by atoms with Crippen molar-refractivity contribution in [3.8, 4) is 0 Å². The van der Waals surface area contributed by atoms with Gasteiger partial charge in [-0.05, 0) is 12.1 Å². The Hall–Kier alpha value is -2.17. The van der Waals surface area contributed by atoms with Crippen molar-refractivity contribution in [3.05, 3.63) is 40.4 Å². The summed E-state index contributed by atoms with van der Waals surface area (Å²) in [6, 6.07) is 4.44. The molecule has 1 aromatic carbocycles. The lowest BCUT2D eigenvalue weighted by molar-refractivity contribution is 0.637. The van der Waals surface area contributed by atoms with Crippen LogP contribution in [0.4, 0.5) is 4.39 Å². The molecule has 2 heterocycles. The minimum absolute atomic E-state index is 0.205. The van der Waals surface area contributed by atoms with Crippen molar-refractivity contribution in [2.24, 2.45) is 7.05 Å². The van der Waals surface area contributed by atoms with Gasteiger partial charge in [0.25, 0.3) is 0 Å². The second kappa shape index (κ2) is 2.91. The van der Waals surface area contributed by atoms with E-state index in [1.807, 2.05) is 0 Å². The number of para-hydroxylation sites is 1. The average molecular weight is 217 g/mol. The second-order valence-electron chi connectivity index (χ2n) is 3.65. The molecule has 0 aliphatic heterocycles. The topological polar surface area (TPSA) is 50.7 Å². The standard InChI is InChI=1S/C11H8FN3O/c1-15-10-8(5-13-15)14-9-6(11(10)16)3-2-4-7(9)12/h2-5H,1H3,(H,14,16). The molecule has 5 heteroatoms. The van der Waals surface area contributed by atoms with Crippen molar-refractivity contribution in [2.75, 3.05) is 0 Å². The fraction of sp³-hybridized carbons (Fsp3) is 0.0909. The van der Waals surface area contributed by atoms with E-state index in [4.69, 9.17) is 0 Å². The molecule has 0 aliphatic carbocycles. The number of aromatic amines is 1. The number of nitrogens with one attached hydrogen (secondary N) is 1. The number of aryl methyl sites for hydroxylation is 1. The summed E-state index contributed by atoms with van der Waals surface area (Å²) in [4.78, 5) is 15.0. The molecule has 3 rings (SSSR count). The van der Waals surface area contributed by atoms with Crippen LogP contribution >= 0.6 is 0 Å². The van der Waals surface area contributed by atoms with Gasteiger partial charge in [0.15, 0.2) is 0 Å². The Morgan fingerprint density at radius 1 is 1.44 bits per heavy atom. The monoisotopic (exact) mass is 217 g/mol. The highest BCUT2D eigenvalue weighted by Gasteiger charge is 2.10. The van der Waals surface area contributed by atoms with E-state index in [1.54, 1.807) is 13.1 Å². The van der Waals surface area contributed by atoms with Gasteiger partial charge in [-0.25, -0.2) is 4.39 Å². The first-order chi connectivity index (χ1) is 7.68. The summed E-state index contributed by atoms with van der Waals surface area (Å²) in [5, 5.41) is 4.32. The number of pyridine rings is 1. The molecule has 2 aromatic heterocycles. The molecule has 80 valence electrons. The first-order valence-corrected chi connectivity index (χ1v) is 4.80. The molecule has 0 radical (unpaired) electrons. The van der Waals surface area contributed by atoms with Gasteiger partial charge >= 0.3 is 0 Å². The molecule has 0 fully saturated rings. The number of hydrogen-bond acceptors (Lipinski definition) is 2. The third kappa shape index (κ3) is 1.02. The molecule has 0 unspecified atom stereocenters. The first kappa shape index (κ1) is 9.08. The number of rotatable bonds is 0. The molecular formula is C11H8FN3O. The molecule has 4 nitrogen and oxygen atoms in total. The van der Waals surface area contributed by atoms with Crippen LogP contribution in [0, 0.1) is 5.82 Å². The summed E-state index contributed by atoms with van der Waals surface area (Å²) >= 11 is 0. The number of benzene rings is 1. The summed E-state index contributed by atoms with van der Waals surface area (Å²) < 4.78 is 15.0. The molecular weight excluding hydrogens is 209 g/mol. The maximum absolute atomic E-state index is 13.5. The van der Waals surface area contributed by atoms with Crippen LogP contribution in [0.25, 0.3) is 21.9 Å². The third-order valence-electron chi connectivity index (χ3n) is 2.67. The average Bonchev–Trinajstić information content (AvgIpc) is 2.63. The van der Waals surface area contributed by atoms with Crippen molar-refractivity contribution in [2.45, 2.75) is 0 Å². The van der Waals surface area contributed by atoms with Crippen LogP contribution < -0.4 is 5.43 Å². The zero-order chi connectivity index (χ0) is 11.3. The summed E-state index contributed by atoms with van der Waals surface area (Å²) in [6.45, 7) is 0. The van der Waals surface area contributed by atoms with Crippen LogP contribution in [0.2, 0.25) is 0 Å². The maximum Gasteiger partial charge on any atom is 0.215 e. The van der Waals surface area contributed by atoms with Gasteiger partial charge in [-0.1, -0.05) is 6.07 Å². The van der Waals surface area contributed by atoms with E-state index in [2.05, 4.69) is 10.1 Å². The van der Waals surface area contributed by atoms with Crippen LogP contribution in [-0.2, 0) is 7.05 Å². The molecule has 0 bridgehead atoms. The van der Waals surface area contributed by atoms with Crippen molar-refractivity contribution in [1.29, 1.82) is 0 Å². The molecule has 0 atom stereocenters. The van der Waals surface area contributed by atoms with Gasteiger partial charge in [-0.3, -0.25) is 9.48 Å². The maximum atomic E-state index is 13.5. The number of hydrogen-bond donors (Lipinski definition) is 1. The smallest absolute Gasteiger partial charge is 0.215 e. The fourth-order valence-corrected chi connectivity index (χ4v) is 1.90. The van der Waals surface area contributed by atoms with E-state index in [1.165, 1.54) is 23.0 Å². The number of aromatic nitrogens is 3. The Bertz CT molecular complexity index is 757. The number of nitrogens with zero attached hydrogens (tertiary/aromatic N) is 2. The van der Waals surface area contributed by atoms with E-state index in [9.17, 15) is 9.18 Å². The van der Waals surface area contributed by atoms with Crippen LogP contribution in [0.3, 0.4) is 0 Å². The molecule has 0 amide bonds. The van der Waals surface area contributed by atoms with Gasteiger partial charge in [-0.2, -0.15) is 5.10 Å². The predicted molar refractivity (Wildman–Crippen MR) is 58.8 cm³/mol. The van der Waals surface area contributed by atoms with E-state index < -0.39 is 5.82 Å². The van der Waals surface area contributed by atoms with Crippen molar-refractivity contribution in [3.63, 3.8) is 0 Å².